The summed E-state index contributed by atoms with van der Waals surface area (Å²) in [6.45, 7) is -0.169. The van der Waals surface area contributed by atoms with Gasteiger partial charge in [-0.3, -0.25) is 9.59 Å². The lowest BCUT2D eigenvalue weighted by atomic mass is 10.3. The number of carbonyl (C=O) groups excluding carboxylic acids is 2. The summed E-state index contributed by atoms with van der Waals surface area (Å²) in [5.41, 5.74) is 0.386. The number of nitrogens with one attached hydrogen (secondary N) is 2. The first-order valence-corrected chi connectivity index (χ1v) is 7.41. The number of rotatable bonds is 6. The molecule has 0 atom stereocenters. The van der Waals surface area contributed by atoms with Gasteiger partial charge in [-0.2, -0.15) is 13.2 Å². The van der Waals surface area contributed by atoms with Crippen LogP contribution in [0.2, 0.25) is 0 Å². The van der Waals surface area contributed by atoms with Gasteiger partial charge in [0, 0.05) is 13.0 Å². The molecule has 0 spiro atoms. The lowest BCUT2D eigenvalue weighted by molar-refractivity contribution is -0.154. The highest BCUT2D eigenvalue weighted by molar-refractivity contribution is 5.93. The molecule has 0 saturated carbocycles. The van der Waals surface area contributed by atoms with Gasteiger partial charge in [-0.1, -0.05) is 12.1 Å². The Labute approximate surface area is 146 Å². The molecule has 0 aliphatic heterocycles. The first-order valence-electron chi connectivity index (χ1n) is 7.41. The number of halogens is 3. The summed E-state index contributed by atoms with van der Waals surface area (Å²) in [7, 11) is 0. The van der Waals surface area contributed by atoms with E-state index in [-0.39, 0.29) is 29.8 Å². The van der Waals surface area contributed by atoms with Gasteiger partial charge in [0.05, 0.1) is 12.2 Å². The minimum atomic E-state index is -4.46. The predicted octanol–water partition coefficient (Wildman–Crippen LogP) is 2.31. The summed E-state index contributed by atoms with van der Waals surface area (Å²) < 4.78 is 41.0. The molecule has 2 heterocycles. The Bertz CT molecular complexity index is 796. The van der Waals surface area contributed by atoms with Gasteiger partial charge < -0.3 is 15.4 Å². The van der Waals surface area contributed by atoms with Gasteiger partial charge in [-0.05, 0) is 18.2 Å². The molecule has 7 nitrogen and oxygen atoms in total. The number of ether oxygens (including phenoxy) is 1. The fourth-order valence-corrected chi connectivity index (χ4v) is 1.86. The topological polar surface area (TPSA) is 93.2 Å². The number of alkyl halides is 3. The summed E-state index contributed by atoms with van der Waals surface area (Å²) in [5.74, 6) is -0.818. The number of aromatic nitrogens is 2. The van der Waals surface area contributed by atoms with Crippen molar-refractivity contribution in [3.63, 3.8) is 0 Å². The molecule has 2 amide bonds. The number of carbonyl (C=O) groups is 2. The van der Waals surface area contributed by atoms with Crippen LogP contribution >= 0.6 is 0 Å². The van der Waals surface area contributed by atoms with Crippen LogP contribution in [0.3, 0.4) is 0 Å². The molecular weight excluding hydrogens is 353 g/mol. The van der Waals surface area contributed by atoms with E-state index in [1.54, 1.807) is 6.07 Å². The van der Waals surface area contributed by atoms with Crippen LogP contribution in [0.5, 0.6) is 5.88 Å². The van der Waals surface area contributed by atoms with Crippen LogP contribution in [0.4, 0.5) is 19.0 Å². The number of amides is 2. The fraction of sp³-hybridized carbons (Fsp3) is 0.250. The molecule has 0 unspecified atom stereocenters. The molecule has 2 aromatic rings. The number of hydrogen-bond acceptors (Lipinski definition) is 5. The molecule has 0 fully saturated rings. The largest absolute Gasteiger partial charge is 0.468 e. The van der Waals surface area contributed by atoms with Crippen molar-refractivity contribution in [3.05, 3.63) is 47.8 Å². The number of hydrogen-bond donors (Lipinski definition) is 2. The SMILES string of the molecule is CC(=O)Nc1cccc(C(=O)NCc2cccc(OCC(F)(F)F)n2)n1. The monoisotopic (exact) mass is 368 g/mol. The first kappa shape index (κ1) is 19.2. The maximum Gasteiger partial charge on any atom is 0.422 e. The molecule has 26 heavy (non-hydrogen) atoms. The molecule has 0 saturated heterocycles. The second-order valence-electron chi connectivity index (χ2n) is 5.14. The molecule has 2 aromatic heterocycles. The molecular formula is C16H15F3N4O3. The maximum atomic E-state index is 12.2. The van der Waals surface area contributed by atoms with Crippen LogP contribution in [0.15, 0.2) is 36.4 Å². The summed E-state index contributed by atoms with van der Waals surface area (Å²) in [4.78, 5) is 31.0. The number of nitrogens with zero attached hydrogens (tertiary/aromatic N) is 2. The third-order valence-corrected chi connectivity index (χ3v) is 2.88. The molecule has 0 bridgehead atoms. The van der Waals surface area contributed by atoms with Crippen molar-refractivity contribution in [1.29, 1.82) is 0 Å². The van der Waals surface area contributed by atoms with Gasteiger partial charge in [0.15, 0.2) is 6.61 Å². The Hall–Kier alpha value is -3.17. The van der Waals surface area contributed by atoms with Crippen LogP contribution in [0.1, 0.15) is 23.1 Å². The molecule has 2 rings (SSSR count). The zero-order chi connectivity index (χ0) is 19.2. The van der Waals surface area contributed by atoms with Crippen molar-refractivity contribution in [2.45, 2.75) is 19.6 Å². The van der Waals surface area contributed by atoms with Crippen LogP contribution in [-0.4, -0.2) is 34.6 Å². The minimum absolute atomic E-state index is 0.0336. The molecule has 0 aliphatic rings. The molecule has 2 N–H and O–H groups in total. The fourth-order valence-electron chi connectivity index (χ4n) is 1.86. The van der Waals surface area contributed by atoms with Gasteiger partial charge in [-0.15, -0.1) is 0 Å². The normalized spacial score (nSPS) is 10.9. The Morgan fingerprint density at radius 2 is 1.85 bits per heavy atom. The van der Waals surface area contributed by atoms with Crippen LogP contribution in [0, 0.1) is 0 Å². The summed E-state index contributed by atoms with van der Waals surface area (Å²) in [6.07, 6.45) is -4.46. The third-order valence-electron chi connectivity index (χ3n) is 2.88. The number of anilines is 1. The van der Waals surface area contributed by atoms with E-state index in [1.165, 1.54) is 37.3 Å². The van der Waals surface area contributed by atoms with Crippen molar-refractivity contribution < 1.29 is 27.5 Å². The molecule has 10 heteroatoms. The van der Waals surface area contributed by atoms with E-state index in [1.807, 2.05) is 0 Å². The molecule has 0 radical (unpaired) electrons. The molecule has 0 aromatic carbocycles. The Balaban J connectivity index is 1.96. The van der Waals surface area contributed by atoms with Crippen LogP contribution in [0.25, 0.3) is 0 Å². The zero-order valence-corrected chi connectivity index (χ0v) is 13.6. The first-order chi connectivity index (χ1) is 12.2. The minimum Gasteiger partial charge on any atom is -0.468 e. The highest BCUT2D eigenvalue weighted by Gasteiger charge is 2.28. The van der Waals surface area contributed by atoms with Crippen molar-refractivity contribution in [2.24, 2.45) is 0 Å². The second kappa shape index (κ2) is 8.28. The predicted molar refractivity (Wildman–Crippen MR) is 85.5 cm³/mol. The van der Waals surface area contributed by atoms with Gasteiger partial charge in [0.25, 0.3) is 5.91 Å². The summed E-state index contributed by atoms with van der Waals surface area (Å²) in [5, 5.41) is 5.00. The highest BCUT2D eigenvalue weighted by atomic mass is 19.4. The average molecular weight is 368 g/mol. The third kappa shape index (κ3) is 6.38. The quantitative estimate of drug-likeness (QED) is 0.816. The standard InChI is InChI=1S/C16H15F3N4O3/c1-10(24)21-13-6-3-5-12(23-13)15(25)20-8-11-4-2-7-14(22-11)26-9-16(17,18)19/h2-7H,8-9H2,1H3,(H,20,25)(H,21,23,24). The van der Waals surface area contributed by atoms with E-state index >= 15 is 0 Å². The van der Waals surface area contributed by atoms with E-state index in [2.05, 4.69) is 25.3 Å². The van der Waals surface area contributed by atoms with Crippen LogP contribution in [-0.2, 0) is 11.3 Å². The van der Waals surface area contributed by atoms with Gasteiger partial charge in [0.2, 0.25) is 11.8 Å². The van der Waals surface area contributed by atoms with Crippen molar-refractivity contribution in [2.75, 3.05) is 11.9 Å². The summed E-state index contributed by atoms with van der Waals surface area (Å²) >= 11 is 0. The van der Waals surface area contributed by atoms with Crippen LogP contribution < -0.4 is 15.4 Å². The van der Waals surface area contributed by atoms with Gasteiger partial charge in [-0.25, -0.2) is 9.97 Å². The highest BCUT2D eigenvalue weighted by Crippen LogP contribution is 2.17. The Morgan fingerprint density at radius 1 is 1.12 bits per heavy atom. The van der Waals surface area contributed by atoms with E-state index in [9.17, 15) is 22.8 Å². The molecule has 138 valence electrons. The smallest absolute Gasteiger partial charge is 0.422 e. The maximum absolute atomic E-state index is 12.2. The number of pyridine rings is 2. The summed E-state index contributed by atoms with van der Waals surface area (Å²) in [6, 6.07) is 8.82. The lowest BCUT2D eigenvalue weighted by Crippen LogP contribution is -2.25. The van der Waals surface area contributed by atoms with E-state index < -0.39 is 18.7 Å². The molecule has 0 aliphatic carbocycles. The van der Waals surface area contributed by atoms with Crippen molar-refractivity contribution in [3.8, 4) is 5.88 Å². The van der Waals surface area contributed by atoms with Crippen molar-refractivity contribution in [1.82, 2.24) is 15.3 Å². The Morgan fingerprint density at radius 3 is 2.54 bits per heavy atom. The lowest BCUT2D eigenvalue weighted by Gasteiger charge is -2.10. The van der Waals surface area contributed by atoms with Gasteiger partial charge >= 0.3 is 6.18 Å². The van der Waals surface area contributed by atoms with E-state index in [4.69, 9.17) is 0 Å². The average Bonchev–Trinajstić information content (AvgIpc) is 2.57. The van der Waals surface area contributed by atoms with E-state index in [0.717, 1.165) is 0 Å². The van der Waals surface area contributed by atoms with E-state index in [0.29, 0.717) is 5.69 Å². The van der Waals surface area contributed by atoms with Gasteiger partial charge in [0.1, 0.15) is 11.5 Å². The Kier molecular flexibility index (Phi) is 6.10. The second-order valence-corrected chi connectivity index (χ2v) is 5.14. The zero-order valence-electron chi connectivity index (χ0n) is 13.6. The van der Waals surface area contributed by atoms with Crippen molar-refractivity contribution >= 4 is 17.6 Å².